The zero-order chi connectivity index (χ0) is 21.4. The monoisotopic (exact) mass is 479 g/mol. The summed E-state index contributed by atoms with van der Waals surface area (Å²) in [5.74, 6) is -0.597. The summed E-state index contributed by atoms with van der Waals surface area (Å²) in [6.07, 6.45) is 0. The van der Waals surface area contributed by atoms with Crippen molar-refractivity contribution in [1.82, 2.24) is 4.98 Å². The molecule has 0 aliphatic carbocycles. The first-order valence-electron chi connectivity index (χ1n) is 8.60. The fourth-order valence-electron chi connectivity index (χ4n) is 2.76. The van der Waals surface area contributed by atoms with Gasteiger partial charge in [-0.1, -0.05) is 54.1 Å². The van der Waals surface area contributed by atoms with Gasteiger partial charge in [-0.15, -0.1) is 11.3 Å². The van der Waals surface area contributed by atoms with E-state index < -0.39 is 35.5 Å². The number of benzene rings is 2. The van der Waals surface area contributed by atoms with Crippen molar-refractivity contribution in [2.45, 2.75) is 20.8 Å². The van der Waals surface area contributed by atoms with Crippen LogP contribution in [0.15, 0.2) is 91.5 Å². The highest BCUT2D eigenvalue weighted by molar-refractivity contribution is 7.94. The standard InChI is InChI=1S/C20H14ClNO5S3/c21-16-10-5-4-7-14(16)13-29(23,24)20-19(22-18(27-20)17-11-6-12-28-17)30(25,26)15-8-2-1-3-9-15/h1-12H,13H2. The molecule has 0 saturated heterocycles. The molecule has 0 fully saturated rings. The third-order valence-corrected chi connectivity index (χ3v) is 8.76. The molecule has 0 unspecified atom stereocenters. The first kappa shape index (κ1) is 20.8. The molecule has 0 radical (unpaired) electrons. The first-order chi connectivity index (χ1) is 14.3. The van der Waals surface area contributed by atoms with Crippen LogP contribution in [0.5, 0.6) is 0 Å². The minimum absolute atomic E-state index is 0.0720. The van der Waals surface area contributed by atoms with Gasteiger partial charge in [0.1, 0.15) is 0 Å². The Hall–Kier alpha value is -2.46. The van der Waals surface area contributed by atoms with E-state index in [-0.39, 0.29) is 15.8 Å². The van der Waals surface area contributed by atoms with Crippen LogP contribution in [0.25, 0.3) is 10.8 Å². The number of aromatic nitrogens is 1. The molecule has 0 bridgehead atoms. The van der Waals surface area contributed by atoms with E-state index in [1.54, 1.807) is 60.0 Å². The van der Waals surface area contributed by atoms with Gasteiger partial charge in [0.25, 0.3) is 5.09 Å². The quantitative estimate of drug-likeness (QED) is 0.392. The van der Waals surface area contributed by atoms with Crippen molar-refractivity contribution < 1.29 is 21.3 Å². The zero-order valence-electron chi connectivity index (χ0n) is 15.2. The molecule has 10 heteroatoms. The van der Waals surface area contributed by atoms with Crippen LogP contribution in [0.4, 0.5) is 0 Å². The highest BCUT2D eigenvalue weighted by Crippen LogP contribution is 2.35. The topological polar surface area (TPSA) is 94.3 Å². The van der Waals surface area contributed by atoms with Gasteiger partial charge in [0.05, 0.1) is 15.5 Å². The Morgan fingerprint density at radius 1 is 0.900 bits per heavy atom. The molecule has 2 aromatic heterocycles. The van der Waals surface area contributed by atoms with Crippen LogP contribution in [-0.2, 0) is 25.4 Å². The van der Waals surface area contributed by atoms with Crippen molar-refractivity contribution in [2.24, 2.45) is 0 Å². The van der Waals surface area contributed by atoms with Gasteiger partial charge in [0.2, 0.25) is 30.6 Å². The summed E-state index contributed by atoms with van der Waals surface area (Å²) in [5.41, 5.74) is 0.330. The molecule has 0 aliphatic rings. The summed E-state index contributed by atoms with van der Waals surface area (Å²) in [4.78, 5) is 4.51. The lowest BCUT2D eigenvalue weighted by atomic mass is 10.2. The molecule has 154 valence electrons. The number of oxazole rings is 1. The predicted molar refractivity (Wildman–Crippen MR) is 114 cm³/mol. The summed E-state index contributed by atoms with van der Waals surface area (Å²) < 4.78 is 58.3. The summed E-state index contributed by atoms with van der Waals surface area (Å²) in [6.45, 7) is 0. The predicted octanol–water partition coefficient (Wildman–Crippen LogP) is 4.86. The highest BCUT2D eigenvalue weighted by Gasteiger charge is 2.35. The van der Waals surface area contributed by atoms with E-state index >= 15 is 0 Å². The van der Waals surface area contributed by atoms with Gasteiger partial charge in [0, 0.05) is 5.02 Å². The van der Waals surface area contributed by atoms with Crippen molar-refractivity contribution >= 4 is 42.6 Å². The Morgan fingerprint density at radius 2 is 1.60 bits per heavy atom. The van der Waals surface area contributed by atoms with Crippen molar-refractivity contribution in [3.05, 3.63) is 82.7 Å². The molecule has 0 spiro atoms. The average Bonchev–Trinajstić information content (AvgIpc) is 3.40. The minimum atomic E-state index is -4.24. The Kier molecular flexibility index (Phi) is 5.54. The van der Waals surface area contributed by atoms with Crippen LogP contribution in [-0.4, -0.2) is 21.8 Å². The largest absolute Gasteiger partial charge is 0.422 e. The molecule has 30 heavy (non-hydrogen) atoms. The molecule has 4 rings (SSSR count). The third-order valence-electron chi connectivity index (χ3n) is 4.19. The van der Waals surface area contributed by atoms with Gasteiger partial charge >= 0.3 is 0 Å². The van der Waals surface area contributed by atoms with Crippen molar-refractivity contribution in [3.63, 3.8) is 0 Å². The van der Waals surface area contributed by atoms with E-state index in [0.29, 0.717) is 10.4 Å². The minimum Gasteiger partial charge on any atom is -0.422 e. The van der Waals surface area contributed by atoms with Gasteiger partial charge in [-0.3, -0.25) is 0 Å². The third kappa shape index (κ3) is 3.93. The van der Waals surface area contributed by atoms with Crippen LogP contribution < -0.4 is 0 Å². The van der Waals surface area contributed by atoms with Gasteiger partial charge in [-0.25, -0.2) is 16.8 Å². The lowest BCUT2D eigenvalue weighted by Crippen LogP contribution is -2.11. The Labute approximate surface area is 182 Å². The fraction of sp³-hybridized carbons (Fsp3) is 0.0500. The van der Waals surface area contributed by atoms with Crippen LogP contribution in [0.2, 0.25) is 5.02 Å². The summed E-state index contributed by atoms with van der Waals surface area (Å²) in [7, 11) is -8.45. The number of nitrogens with zero attached hydrogens (tertiary/aromatic N) is 1. The van der Waals surface area contributed by atoms with Gasteiger partial charge < -0.3 is 4.42 Å². The van der Waals surface area contributed by atoms with E-state index in [4.69, 9.17) is 16.0 Å². The first-order valence-corrected chi connectivity index (χ1v) is 13.0. The molecule has 2 heterocycles. The molecule has 0 amide bonds. The van der Waals surface area contributed by atoms with E-state index in [9.17, 15) is 16.8 Å². The van der Waals surface area contributed by atoms with Crippen molar-refractivity contribution in [2.75, 3.05) is 0 Å². The molecule has 6 nitrogen and oxygen atoms in total. The van der Waals surface area contributed by atoms with E-state index in [1.165, 1.54) is 23.5 Å². The van der Waals surface area contributed by atoms with Crippen LogP contribution in [0, 0.1) is 0 Å². The van der Waals surface area contributed by atoms with Gasteiger partial charge in [0.15, 0.2) is 0 Å². The maximum absolute atomic E-state index is 13.2. The van der Waals surface area contributed by atoms with Gasteiger partial charge in [-0.2, -0.15) is 4.98 Å². The molecule has 0 N–H and O–H groups in total. The van der Waals surface area contributed by atoms with Crippen LogP contribution >= 0.6 is 22.9 Å². The Balaban J connectivity index is 1.89. The van der Waals surface area contributed by atoms with Crippen molar-refractivity contribution in [3.8, 4) is 10.8 Å². The van der Waals surface area contributed by atoms with Gasteiger partial charge in [-0.05, 0) is 35.2 Å². The maximum atomic E-state index is 13.2. The Bertz CT molecular complexity index is 1390. The number of hydrogen-bond donors (Lipinski definition) is 0. The van der Waals surface area contributed by atoms with E-state index in [0.717, 1.165) is 0 Å². The summed E-state index contributed by atoms with van der Waals surface area (Å²) in [6, 6.07) is 17.3. The molecule has 0 saturated carbocycles. The molecule has 0 aliphatic heterocycles. The van der Waals surface area contributed by atoms with Crippen molar-refractivity contribution in [1.29, 1.82) is 0 Å². The van der Waals surface area contributed by atoms with E-state index in [2.05, 4.69) is 4.98 Å². The maximum Gasteiger partial charge on any atom is 0.258 e. The second kappa shape index (κ2) is 7.99. The second-order valence-corrected chi connectivity index (χ2v) is 11.4. The molecule has 4 aromatic rings. The average molecular weight is 480 g/mol. The number of halogens is 1. The number of thiophene rings is 1. The lowest BCUT2D eigenvalue weighted by molar-refractivity contribution is 0.445. The molecular weight excluding hydrogens is 466 g/mol. The Morgan fingerprint density at radius 3 is 2.27 bits per heavy atom. The summed E-state index contributed by atoms with van der Waals surface area (Å²) >= 11 is 7.36. The van der Waals surface area contributed by atoms with Crippen LogP contribution in [0.3, 0.4) is 0 Å². The normalized spacial score (nSPS) is 12.2. The number of sulfone groups is 2. The second-order valence-electron chi connectivity index (χ2n) is 6.26. The molecule has 0 atom stereocenters. The fourth-order valence-corrected chi connectivity index (χ4v) is 6.91. The highest BCUT2D eigenvalue weighted by atomic mass is 35.5. The SMILES string of the molecule is O=S(=O)(Cc1ccccc1Cl)c1oc(-c2cccs2)nc1S(=O)(=O)c1ccccc1. The lowest BCUT2D eigenvalue weighted by Gasteiger charge is -2.06. The van der Waals surface area contributed by atoms with Crippen LogP contribution in [0.1, 0.15) is 5.56 Å². The zero-order valence-corrected chi connectivity index (χ0v) is 18.4. The van der Waals surface area contributed by atoms with E-state index in [1.807, 2.05) is 0 Å². The number of hydrogen-bond acceptors (Lipinski definition) is 7. The molecular formula is C20H14ClNO5S3. The number of rotatable bonds is 6. The molecule has 2 aromatic carbocycles. The summed E-state index contributed by atoms with van der Waals surface area (Å²) in [5, 5.41) is 0.674. The smallest absolute Gasteiger partial charge is 0.258 e.